The Labute approximate surface area is 120 Å². The zero-order valence-corrected chi connectivity index (χ0v) is 12.3. The average molecular weight is 277 g/mol. The van der Waals surface area contributed by atoms with Crippen LogP contribution in [0.4, 0.5) is 0 Å². The molecular weight excluding hydrogens is 254 g/mol. The molecular formula is C16H23NO3. The van der Waals surface area contributed by atoms with Gasteiger partial charge in [0, 0.05) is 18.0 Å². The number of carbonyl (C=O) groups is 1. The van der Waals surface area contributed by atoms with Crippen LogP contribution in [-0.2, 0) is 0 Å². The molecule has 20 heavy (non-hydrogen) atoms. The van der Waals surface area contributed by atoms with E-state index in [1.165, 1.54) is 19.3 Å². The van der Waals surface area contributed by atoms with E-state index >= 15 is 0 Å². The van der Waals surface area contributed by atoms with Crippen molar-refractivity contribution in [2.24, 2.45) is 0 Å². The van der Waals surface area contributed by atoms with Crippen molar-refractivity contribution in [1.29, 1.82) is 0 Å². The predicted octanol–water partition coefficient (Wildman–Crippen LogP) is 2.81. The van der Waals surface area contributed by atoms with Crippen LogP contribution in [0.1, 0.15) is 42.5 Å². The van der Waals surface area contributed by atoms with Crippen LogP contribution >= 0.6 is 0 Å². The number of rotatable bonds is 6. The Morgan fingerprint density at radius 2 is 2.05 bits per heavy atom. The molecule has 0 radical (unpaired) electrons. The number of benzene rings is 1. The van der Waals surface area contributed by atoms with Crippen LogP contribution in [-0.4, -0.2) is 32.6 Å². The van der Waals surface area contributed by atoms with Gasteiger partial charge in [-0.1, -0.05) is 6.42 Å². The van der Waals surface area contributed by atoms with Gasteiger partial charge >= 0.3 is 0 Å². The summed E-state index contributed by atoms with van der Waals surface area (Å²) in [6.07, 6.45) is 5.18. The van der Waals surface area contributed by atoms with Crippen molar-refractivity contribution >= 4 is 5.78 Å². The minimum absolute atomic E-state index is 0.165. The molecule has 4 heteroatoms. The van der Waals surface area contributed by atoms with Crippen LogP contribution in [0.15, 0.2) is 18.2 Å². The summed E-state index contributed by atoms with van der Waals surface area (Å²) in [6, 6.07) is 5.84. The third-order valence-electron chi connectivity index (χ3n) is 3.84. The van der Waals surface area contributed by atoms with E-state index in [1.54, 1.807) is 32.4 Å². The highest BCUT2D eigenvalue weighted by molar-refractivity contribution is 5.96. The molecule has 4 nitrogen and oxygen atoms in total. The number of nitrogens with one attached hydrogen (secondary N) is 1. The summed E-state index contributed by atoms with van der Waals surface area (Å²) >= 11 is 0. The van der Waals surface area contributed by atoms with Crippen LogP contribution in [0, 0.1) is 0 Å². The molecule has 0 bridgehead atoms. The van der Waals surface area contributed by atoms with Gasteiger partial charge < -0.3 is 14.8 Å². The highest BCUT2D eigenvalue weighted by atomic mass is 16.5. The van der Waals surface area contributed by atoms with Gasteiger partial charge in [-0.3, -0.25) is 4.79 Å². The molecule has 2 rings (SSSR count). The Morgan fingerprint density at radius 3 is 2.70 bits per heavy atom. The minimum atomic E-state index is 0.165. The van der Waals surface area contributed by atoms with Gasteiger partial charge in [0.2, 0.25) is 0 Å². The molecule has 1 atom stereocenters. The number of Topliss-reactive ketones (excluding diaryl/α,β-unsaturated/α-hetero) is 1. The molecule has 0 aromatic heterocycles. The van der Waals surface area contributed by atoms with E-state index < -0.39 is 0 Å². The second-order valence-electron chi connectivity index (χ2n) is 5.18. The van der Waals surface area contributed by atoms with E-state index in [0.717, 1.165) is 13.0 Å². The number of hydrogen-bond donors (Lipinski definition) is 1. The monoisotopic (exact) mass is 277 g/mol. The van der Waals surface area contributed by atoms with Gasteiger partial charge in [0.1, 0.15) is 0 Å². The van der Waals surface area contributed by atoms with E-state index in [0.29, 0.717) is 29.5 Å². The van der Waals surface area contributed by atoms with Gasteiger partial charge in [-0.25, -0.2) is 0 Å². The van der Waals surface area contributed by atoms with Crippen molar-refractivity contribution in [3.63, 3.8) is 0 Å². The molecule has 1 saturated heterocycles. The zero-order valence-electron chi connectivity index (χ0n) is 12.3. The minimum Gasteiger partial charge on any atom is -0.493 e. The number of methoxy groups -OCH3 is 2. The van der Waals surface area contributed by atoms with Crippen molar-refractivity contribution in [3.8, 4) is 11.5 Å². The Kier molecular flexibility index (Phi) is 5.41. The molecule has 1 aromatic rings. The van der Waals surface area contributed by atoms with Crippen LogP contribution in [0.5, 0.6) is 11.5 Å². The molecule has 1 aliphatic heterocycles. The molecule has 1 aliphatic rings. The summed E-state index contributed by atoms with van der Waals surface area (Å²) in [5.41, 5.74) is 0.693. The largest absolute Gasteiger partial charge is 0.493 e. The lowest BCUT2D eigenvalue weighted by molar-refractivity contribution is 0.0974. The molecule has 0 saturated carbocycles. The van der Waals surface area contributed by atoms with Gasteiger partial charge in [0.05, 0.1) is 14.2 Å². The number of carbonyl (C=O) groups excluding carboxylic acids is 1. The summed E-state index contributed by atoms with van der Waals surface area (Å²) in [4.78, 5) is 12.2. The fraction of sp³-hybridized carbons (Fsp3) is 0.562. The summed E-state index contributed by atoms with van der Waals surface area (Å²) in [5, 5.41) is 3.47. The van der Waals surface area contributed by atoms with Gasteiger partial charge in [-0.05, 0) is 44.0 Å². The first-order valence-electron chi connectivity index (χ1n) is 7.23. The number of piperidine rings is 1. The predicted molar refractivity (Wildman–Crippen MR) is 78.8 cm³/mol. The van der Waals surface area contributed by atoms with Crippen LogP contribution in [0.25, 0.3) is 0 Å². The molecule has 0 aliphatic carbocycles. The number of ether oxygens (including phenoxy) is 2. The maximum Gasteiger partial charge on any atom is 0.163 e. The van der Waals surface area contributed by atoms with E-state index in [9.17, 15) is 4.79 Å². The van der Waals surface area contributed by atoms with Crippen molar-refractivity contribution in [3.05, 3.63) is 23.8 Å². The first-order chi connectivity index (χ1) is 9.74. The standard InChI is InChI=1S/C16H23NO3/c1-19-15-9-6-12(11-16(15)20-2)14(18)8-7-13-5-3-4-10-17-13/h6,9,11,13,17H,3-5,7-8,10H2,1-2H3. The van der Waals surface area contributed by atoms with Crippen molar-refractivity contribution in [1.82, 2.24) is 5.32 Å². The van der Waals surface area contributed by atoms with Gasteiger partial charge in [-0.2, -0.15) is 0 Å². The number of hydrogen-bond acceptors (Lipinski definition) is 4. The van der Waals surface area contributed by atoms with Crippen LogP contribution in [0.3, 0.4) is 0 Å². The lowest BCUT2D eigenvalue weighted by Gasteiger charge is -2.23. The third kappa shape index (κ3) is 3.73. The lowest BCUT2D eigenvalue weighted by atomic mass is 9.97. The highest BCUT2D eigenvalue weighted by Crippen LogP contribution is 2.28. The molecule has 1 heterocycles. The second-order valence-corrected chi connectivity index (χ2v) is 5.18. The quantitative estimate of drug-likeness (QED) is 0.812. The van der Waals surface area contributed by atoms with Crippen molar-refractivity contribution in [2.75, 3.05) is 20.8 Å². The highest BCUT2D eigenvalue weighted by Gasteiger charge is 2.16. The first kappa shape index (κ1) is 14.9. The zero-order chi connectivity index (χ0) is 14.4. The van der Waals surface area contributed by atoms with Crippen molar-refractivity contribution < 1.29 is 14.3 Å². The Morgan fingerprint density at radius 1 is 1.25 bits per heavy atom. The topological polar surface area (TPSA) is 47.6 Å². The maximum atomic E-state index is 12.2. The fourth-order valence-corrected chi connectivity index (χ4v) is 2.63. The van der Waals surface area contributed by atoms with E-state index in [2.05, 4.69) is 5.32 Å². The summed E-state index contributed by atoms with van der Waals surface area (Å²) in [5.74, 6) is 1.42. The lowest BCUT2D eigenvalue weighted by Crippen LogP contribution is -2.34. The summed E-state index contributed by atoms with van der Waals surface area (Å²) in [6.45, 7) is 1.08. The van der Waals surface area contributed by atoms with E-state index in [1.807, 2.05) is 0 Å². The smallest absolute Gasteiger partial charge is 0.163 e. The van der Waals surface area contributed by atoms with Gasteiger partial charge in [-0.15, -0.1) is 0 Å². The van der Waals surface area contributed by atoms with Gasteiger partial charge in [0.25, 0.3) is 0 Å². The van der Waals surface area contributed by atoms with Crippen molar-refractivity contribution in [2.45, 2.75) is 38.1 Å². The SMILES string of the molecule is COc1ccc(C(=O)CCC2CCCCN2)cc1OC. The summed E-state index contributed by atoms with van der Waals surface area (Å²) in [7, 11) is 3.17. The van der Waals surface area contributed by atoms with Gasteiger partial charge in [0.15, 0.2) is 17.3 Å². The van der Waals surface area contributed by atoms with Crippen LogP contribution < -0.4 is 14.8 Å². The van der Waals surface area contributed by atoms with E-state index in [-0.39, 0.29) is 5.78 Å². The summed E-state index contributed by atoms with van der Waals surface area (Å²) < 4.78 is 10.4. The molecule has 1 aromatic carbocycles. The van der Waals surface area contributed by atoms with Crippen LogP contribution in [0.2, 0.25) is 0 Å². The normalized spacial score (nSPS) is 18.6. The average Bonchev–Trinajstić information content (AvgIpc) is 2.52. The Bertz CT molecular complexity index is 453. The molecule has 1 fully saturated rings. The molecule has 1 unspecified atom stereocenters. The first-order valence-corrected chi connectivity index (χ1v) is 7.23. The Balaban J connectivity index is 1.94. The fourth-order valence-electron chi connectivity index (χ4n) is 2.63. The molecule has 0 amide bonds. The maximum absolute atomic E-state index is 12.2. The third-order valence-corrected chi connectivity index (χ3v) is 3.84. The molecule has 1 N–H and O–H groups in total. The van der Waals surface area contributed by atoms with E-state index in [4.69, 9.17) is 9.47 Å². The number of ketones is 1. The second kappa shape index (κ2) is 7.29. The molecule has 0 spiro atoms. The Hall–Kier alpha value is -1.55. The molecule has 110 valence electrons.